The predicted molar refractivity (Wildman–Crippen MR) is 120 cm³/mol. The van der Waals surface area contributed by atoms with Gasteiger partial charge in [0.15, 0.2) is 0 Å². The Morgan fingerprint density at radius 2 is 1.77 bits per heavy atom. The highest BCUT2D eigenvalue weighted by Gasteiger charge is 2.28. The van der Waals surface area contributed by atoms with Crippen molar-refractivity contribution in [3.63, 3.8) is 0 Å². The molecule has 3 heterocycles. The van der Waals surface area contributed by atoms with Crippen LogP contribution in [0, 0.1) is 5.82 Å². The van der Waals surface area contributed by atoms with Crippen LogP contribution in [0.25, 0.3) is 11.3 Å². The van der Waals surface area contributed by atoms with Gasteiger partial charge in [-0.25, -0.2) is 4.39 Å². The molecule has 1 aromatic heterocycles. The molecule has 0 spiro atoms. The summed E-state index contributed by atoms with van der Waals surface area (Å²) in [6, 6.07) is 16.1. The van der Waals surface area contributed by atoms with Gasteiger partial charge in [0.25, 0.3) is 0 Å². The lowest BCUT2D eigenvalue weighted by Gasteiger charge is -2.21. The number of carbonyl (C=O) groups is 1. The summed E-state index contributed by atoms with van der Waals surface area (Å²) in [4.78, 5) is 22.1. The Hall–Kier alpha value is -3.41. The Labute approximate surface area is 181 Å². The molecule has 1 saturated heterocycles. The third-order valence-corrected chi connectivity index (χ3v) is 6.23. The Balaban J connectivity index is 1.34. The summed E-state index contributed by atoms with van der Waals surface area (Å²) in [6.07, 6.45) is 2.59. The summed E-state index contributed by atoms with van der Waals surface area (Å²) >= 11 is 0. The number of benzene rings is 2. The molecule has 2 aliphatic heterocycles. The number of fused-ring (bicyclic) bond motifs is 1. The first-order chi connectivity index (χ1) is 15.1. The lowest BCUT2D eigenvalue weighted by atomic mass is 10.1. The maximum Gasteiger partial charge on any atom is 0.229 e. The van der Waals surface area contributed by atoms with Gasteiger partial charge in [-0.2, -0.15) is 0 Å². The fourth-order valence-electron chi connectivity index (χ4n) is 4.53. The van der Waals surface area contributed by atoms with E-state index < -0.39 is 0 Å². The number of nitrogens with zero attached hydrogens (tertiary/aromatic N) is 3. The first-order valence-corrected chi connectivity index (χ1v) is 10.7. The Morgan fingerprint density at radius 1 is 1.00 bits per heavy atom. The average Bonchev–Trinajstić information content (AvgIpc) is 3.46. The third-order valence-electron chi connectivity index (χ3n) is 6.23. The number of carbonyl (C=O) groups excluding carboxylic acids is 1. The number of amides is 1. The smallest absolute Gasteiger partial charge is 0.229 e. The van der Waals surface area contributed by atoms with Crippen LogP contribution in [0.3, 0.4) is 0 Å². The molecule has 2 N–H and O–H groups in total. The van der Waals surface area contributed by atoms with Gasteiger partial charge in [0.1, 0.15) is 5.82 Å². The molecule has 5 nitrogen and oxygen atoms in total. The molecule has 0 radical (unpaired) electrons. The molecule has 0 bridgehead atoms. The van der Waals surface area contributed by atoms with Crippen LogP contribution in [0.4, 0.5) is 15.8 Å². The minimum absolute atomic E-state index is 0.0130. The number of anilines is 2. The Kier molecular flexibility index (Phi) is 5.06. The monoisotopic (exact) mass is 416 g/mol. The van der Waals surface area contributed by atoms with E-state index in [1.54, 1.807) is 24.3 Å². The van der Waals surface area contributed by atoms with Crippen LogP contribution in [0.15, 0.2) is 54.6 Å². The van der Waals surface area contributed by atoms with E-state index in [1.165, 1.54) is 41.8 Å². The molecule has 1 fully saturated rings. The van der Waals surface area contributed by atoms with Crippen LogP contribution in [0.2, 0.25) is 0 Å². The first kappa shape index (κ1) is 19.5. The van der Waals surface area contributed by atoms with Gasteiger partial charge in [-0.15, -0.1) is 0 Å². The molecule has 3 aromatic rings. The number of halogens is 1. The quantitative estimate of drug-likeness (QED) is 0.694. The van der Waals surface area contributed by atoms with Crippen LogP contribution < -0.4 is 10.6 Å². The van der Waals surface area contributed by atoms with Crippen molar-refractivity contribution in [3.8, 4) is 11.3 Å². The van der Waals surface area contributed by atoms with Gasteiger partial charge in [0, 0.05) is 37.4 Å². The lowest BCUT2D eigenvalue weighted by molar-refractivity contribution is -0.131. The van der Waals surface area contributed by atoms with Crippen molar-refractivity contribution in [1.82, 2.24) is 9.88 Å². The molecule has 2 aliphatic rings. The summed E-state index contributed by atoms with van der Waals surface area (Å²) in [7, 11) is 0. The van der Waals surface area contributed by atoms with E-state index in [4.69, 9.17) is 5.73 Å². The van der Waals surface area contributed by atoms with Crippen molar-refractivity contribution in [2.75, 3.05) is 23.7 Å². The second-order valence-corrected chi connectivity index (χ2v) is 8.27. The van der Waals surface area contributed by atoms with Gasteiger partial charge in [-0.05, 0) is 66.4 Å². The van der Waals surface area contributed by atoms with Crippen molar-refractivity contribution in [2.24, 2.45) is 0 Å². The minimum atomic E-state index is -0.295. The highest BCUT2D eigenvalue weighted by Crippen LogP contribution is 2.34. The molecule has 158 valence electrons. The number of nitrogen functional groups attached to an aromatic ring is 1. The standard InChI is InChI=1S/C25H25FN4O/c26-19-8-6-17(7-9-19)22-11-10-21(27)23(28-22)14-25(31)30-15-18-4-3-5-24(20(18)16-30)29-12-1-2-13-29/h3-11H,1-2,12-16,27H2. The normalized spacial score (nSPS) is 15.4. The maximum absolute atomic E-state index is 13.2. The summed E-state index contributed by atoms with van der Waals surface area (Å²) < 4.78 is 13.2. The fourth-order valence-corrected chi connectivity index (χ4v) is 4.53. The largest absolute Gasteiger partial charge is 0.397 e. The average molecular weight is 417 g/mol. The number of nitrogens with two attached hydrogens (primary N) is 1. The second kappa shape index (κ2) is 8.02. The summed E-state index contributed by atoms with van der Waals surface area (Å²) in [6.45, 7) is 3.41. The fraction of sp³-hybridized carbons (Fsp3) is 0.280. The highest BCUT2D eigenvalue weighted by molar-refractivity contribution is 5.81. The van der Waals surface area contributed by atoms with Gasteiger partial charge < -0.3 is 15.5 Å². The van der Waals surface area contributed by atoms with Crippen LogP contribution in [0.5, 0.6) is 0 Å². The van der Waals surface area contributed by atoms with E-state index in [9.17, 15) is 9.18 Å². The molecule has 0 atom stereocenters. The summed E-state index contributed by atoms with van der Waals surface area (Å²) in [5.41, 5.74) is 12.4. The maximum atomic E-state index is 13.2. The molecule has 2 aromatic carbocycles. The van der Waals surface area contributed by atoms with E-state index in [1.807, 2.05) is 4.90 Å². The topological polar surface area (TPSA) is 62.5 Å². The molecular formula is C25H25FN4O. The zero-order valence-electron chi connectivity index (χ0n) is 17.4. The van der Waals surface area contributed by atoms with Crippen molar-refractivity contribution in [1.29, 1.82) is 0 Å². The van der Waals surface area contributed by atoms with E-state index in [2.05, 4.69) is 28.1 Å². The van der Waals surface area contributed by atoms with E-state index in [0.29, 0.717) is 30.2 Å². The third kappa shape index (κ3) is 3.85. The molecule has 1 amide bonds. The van der Waals surface area contributed by atoms with Crippen LogP contribution in [0.1, 0.15) is 29.7 Å². The summed E-state index contributed by atoms with van der Waals surface area (Å²) in [5.74, 6) is -0.282. The Morgan fingerprint density at radius 3 is 2.55 bits per heavy atom. The van der Waals surface area contributed by atoms with Crippen LogP contribution in [-0.2, 0) is 24.3 Å². The molecule has 5 rings (SSSR count). The molecule has 0 saturated carbocycles. The number of aromatic nitrogens is 1. The number of hydrogen-bond donors (Lipinski definition) is 1. The highest BCUT2D eigenvalue weighted by atomic mass is 19.1. The lowest BCUT2D eigenvalue weighted by Crippen LogP contribution is -2.28. The van der Waals surface area contributed by atoms with Crippen molar-refractivity contribution in [3.05, 3.63) is 77.2 Å². The zero-order valence-corrected chi connectivity index (χ0v) is 17.4. The molecule has 31 heavy (non-hydrogen) atoms. The van der Waals surface area contributed by atoms with Gasteiger partial charge in [-0.1, -0.05) is 12.1 Å². The number of rotatable bonds is 4. The SMILES string of the molecule is Nc1ccc(-c2ccc(F)cc2)nc1CC(=O)N1Cc2cccc(N3CCCC3)c2C1. The van der Waals surface area contributed by atoms with Gasteiger partial charge in [0.2, 0.25) is 5.91 Å². The minimum Gasteiger partial charge on any atom is -0.397 e. The van der Waals surface area contributed by atoms with Gasteiger partial charge in [0.05, 0.1) is 23.5 Å². The zero-order chi connectivity index (χ0) is 21.4. The molecule has 0 unspecified atom stereocenters. The van der Waals surface area contributed by atoms with Crippen LogP contribution in [-0.4, -0.2) is 28.9 Å². The summed E-state index contributed by atoms with van der Waals surface area (Å²) in [5, 5.41) is 0. The molecule has 0 aliphatic carbocycles. The second-order valence-electron chi connectivity index (χ2n) is 8.27. The van der Waals surface area contributed by atoms with E-state index in [-0.39, 0.29) is 18.1 Å². The number of hydrogen-bond acceptors (Lipinski definition) is 4. The first-order valence-electron chi connectivity index (χ1n) is 10.7. The molecule has 6 heteroatoms. The van der Waals surface area contributed by atoms with Crippen molar-refractivity contribution < 1.29 is 9.18 Å². The number of pyridine rings is 1. The van der Waals surface area contributed by atoms with E-state index >= 15 is 0 Å². The van der Waals surface area contributed by atoms with Gasteiger partial charge >= 0.3 is 0 Å². The Bertz CT molecular complexity index is 1120. The van der Waals surface area contributed by atoms with Crippen LogP contribution >= 0.6 is 0 Å². The predicted octanol–water partition coefficient (Wildman–Crippen LogP) is 4.16. The van der Waals surface area contributed by atoms with E-state index in [0.717, 1.165) is 18.7 Å². The van der Waals surface area contributed by atoms with Gasteiger partial charge in [-0.3, -0.25) is 9.78 Å². The van der Waals surface area contributed by atoms with Crippen molar-refractivity contribution >= 4 is 17.3 Å². The molecular weight excluding hydrogens is 391 g/mol. The van der Waals surface area contributed by atoms with Crippen molar-refractivity contribution in [2.45, 2.75) is 32.4 Å².